The largest absolute Gasteiger partial charge is 0.508 e. The fourth-order valence-corrected chi connectivity index (χ4v) is 11.4. The predicted molar refractivity (Wildman–Crippen MR) is 299 cm³/mol. The van der Waals surface area contributed by atoms with Gasteiger partial charge in [0.15, 0.2) is 0 Å². The number of esters is 3. The number of benzene rings is 4. The summed E-state index contributed by atoms with van der Waals surface area (Å²) >= 11 is 0. The topological polar surface area (TPSA) is 331 Å². The van der Waals surface area contributed by atoms with Crippen molar-refractivity contribution in [3.63, 3.8) is 0 Å². The van der Waals surface area contributed by atoms with Crippen LogP contribution in [-0.2, 0) is 77.6 Å². The summed E-state index contributed by atoms with van der Waals surface area (Å²) in [5.74, 6) is -0.838. The third-order valence-electron chi connectivity index (χ3n) is 10.9. The number of aromatic nitrogens is 2. The van der Waals surface area contributed by atoms with E-state index in [1.54, 1.807) is 85.7 Å². The maximum Gasteiger partial charge on any atom is 0.373 e. The molecule has 0 amide bonds. The molecule has 434 valence electrons. The highest BCUT2D eigenvalue weighted by Crippen LogP contribution is 2.39. The number of rotatable bonds is 28. The van der Waals surface area contributed by atoms with Gasteiger partial charge in [0.1, 0.15) is 47.5 Å². The molecule has 7 unspecified atom stereocenters. The number of carbonyl (C=O) groups is 3. The van der Waals surface area contributed by atoms with Crippen LogP contribution in [0.2, 0.25) is 0 Å². The second kappa shape index (κ2) is 36.0. The van der Waals surface area contributed by atoms with Gasteiger partial charge in [-0.3, -0.25) is 37.5 Å². The SMILES string of the molecule is CCCOC(=O)C(Cc1ccc(O)cc1)NP(C)(=O)NC(CCC)Cc1ccc(O)cc1.CCCOC(=O)C(Cc1ccc(O)cc1)NP(C)(=O)O.CCCOC(=O)C(Cc1ccc(O)cc1)NP(C)(=O)n1ccnc1.O=C=O. The Kier molecular flexibility index (Phi) is 31.3. The third-order valence-corrected chi connectivity index (χ3v) is 15.3. The number of carbonyl (C=O) groups excluding carboxylic acids is 5. The summed E-state index contributed by atoms with van der Waals surface area (Å²) < 4.78 is 54.8. The molecule has 5 rings (SSSR count). The summed E-state index contributed by atoms with van der Waals surface area (Å²) in [5, 5.41) is 49.1. The first kappa shape index (κ1) is 68.7. The van der Waals surface area contributed by atoms with Crippen molar-refractivity contribution in [3.05, 3.63) is 138 Å². The number of imidazole rings is 1. The number of nitrogens with one attached hydrogen (secondary N) is 4. The summed E-state index contributed by atoms with van der Waals surface area (Å²) in [6, 6.07) is 23.9. The van der Waals surface area contributed by atoms with Crippen molar-refractivity contribution in [1.29, 1.82) is 0 Å². The molecule has 1 heterocycles. The van der Waals surface area contributed by atoms with Crippen LogP contribution in [0.3, 0.4) is 0 Å². The Bertz CT molecular complexity index is 2740. The van der Waals surface area contributed by atoms with Gasteiger partial charge in [-0.2, -0.15) is 9.59 Å². The molecule has 0 bridgehead atoms. The average Bonchev–Trinajstić information content (AvgIpc) is 3.96. The van der Waals surface area contributed by atoms with Crippen molar-refractivity contribution in [2.24, 2.45) is 0 Å². The van der Waals surface area contributed by atoms with Crippen LogP contribution < -0.4 is 20.3 Å². The number of phenolic OH excluding ortho intramolecular Hbond substituents is 4. The first-order valence-corrected chi connectivity index (χ1v) is 31.9. The zero-order chi connectivity index (χ0) is 59.0. The molecule has 0 aliphatic rings. The Hall–Kier alpha value is -6.43. The summed E-state index contributed by atoms with van der Waals surface area (Å²) in [5.41, 5.74) is 3.42. The van der Waals surface area contributed by atoms with Gasteiger partial charge >= 0.3 is 24.1 Å². The van der Waals surface area contributed by atoms with Gasteiger partial charge in [-0.25, -0.2) is 20.2 Å². The fraction of sp³-hybridized carbons (Fsp3) is 0.426. The van der Waals surface area contributed by atoms with Crippen LogP contribution in [0.4, 0.5) is 0 Å². The minimum atomic E-state index is -3.55. The van der Waals surface area contributed by atoms with E-state index in [4.69, 9.17) is 23.8 Å². The van der Waals surface area contributed by atoms with Crippen LogP contribution in [0.15, 0.2) is 116 Å². The van der Waals surface area contributed by atoms with Crippen LogP contribution in [0.5, 0.6) is 23.0 Å². The van der Waals surface area contributed by atoms with Crippen molar-refractivity contribution in [2.75, 3.05) is 39.8 Å². The molecular weight excluding hydrogens is 1080 g/mol. The lowest BCUT2D eigenvalue weighted by molar-refractivity contribution is -0.191. The summed E-state index contributed by atoms with van der Waals surface area (Å²) in [7, 11) is -9.70. The maximum atomic E-state index is 13.5. The van der Waals surface area contributed by atoms with Crippen molar-refractivity contribution >= 4 is 46.5 Å². The molecule has 25 heteroatoms. The van der Waals surface area contributed by atoms with E-state index in [1.807, 2.05) is 32.9 Å². The molecule has 7 atom stereocenters. The monoisotopic (exact) mass is 1160 g/mol. The molecule has 0 spiro atoms. The van der Waals surface area contributed by atoms with Crippen LogP contribution in [0.25, 0.3) is 0 Å². The molecule has 0 aliphatic carbocycles. The molecule has 4 aromatic carbocycles. The van der Waals surface area contributed by atoms with Gasteiger partial charge in [0.25, 0.3) is 7.52 Å². The van der Waals surface area contributed by atoms with Crippen molar-refractivity contribution in [3.8, 4) is 23.0 Å². The highest BCUT2D eigenvalue weighted by molar-refractivity contribution is 7.59. The summed E-state index contributed by atoms with van der Waals surface area (Å²) in [6.07, 6.45) is 10.1. The molecule has 22 nitrogen and oxygen atoms in total. The summed E-state index contributed by atoms with van der Waals surface area (Å²) in [4.78, 5) is 66.4. The molecule has 0 aliphatic heterocycles. The Labute approximate surface area is 462 Å². The van der Waals surface area contributed by atoms with Gasteiger partial charge < -0.3 is 39.5 Å². The number of hydrogen-bond acceptors (Lipinski definition) is 16. The molecule has 5 aromatic rings. The molecule has 0 saturated carbocycles. The lowest BCUT2D eigenvalue weighted by atomic mass is 10.0. The van der Waals surface area contributed by atoms with Crippen molar-refractivity contribution in [1.82, 2.24) is 29.7 Å². The molecule has 1 aromatic heterocycles. The van der Waals surface area contributed by atoms with Gasteiger partial charge in [0.05, 0.1) is 19.8 Å². The third kappa shape index (κ3) is 28.9. The van der Waals surface area contributed by atoms with Gasteiger partial charge in [-0.15, -0.1) is 0 Å². The Morgan fingerprint density at radius 1 is 0.532 bits per heavy atom. The second-order valence-corrected chi connectivity index (χ2v) is 25.2. The molecule has 0 saturated heterocycles. The van der Waals surface area contributed by atoms with E-state index in [0.717, 1.165) is 41.8 Å². The van der Waals surface area contributed by atoms with Gasteiger partial charge in [0.2, 0.25) is 14.9 Å². The molecule has 0 radical (unpaired) electrons. The van der Waals surface area contributed by atoms with Crippen molar-refractivity contribution < 1.29 is 77.2 Å². The minimum absolute atomic E-state index is 0.0612. The molecule has 9 N–H and O–H groups in total. The van der Waals surface area contributed by atoms with Crippen LogP contribution >= 0.6 is 22.4 Å². The van der Waals surface area contributed by atoms with Gasteiger partial charge in [0, 0.05) is 38.4 Å². The smallest absolute Gasteiger partial charge is 0.373 e. The zero-order valence-corrected chi connectivity index (χ0v) is 48.4. The van der Waals surface area contributed by atoms with Crippen LogP contribution in [0.1, 0.15) is 82.1 Å². The van der Waals surface area contributed by atoms with E-state index >= 15 is 0 Å². The van der Waals surface area contributed by atoms with E-state index < -0.39 is 58.4 Å². The van der Waals surface area contributed by atoms with E-state index in [1.165, 1.54) is 35.7 Å². The summed E-state index contributed by atoms with van der Waals surface area (Å²) in [6.45, 7) is 12.9. The average molecular weight is 1160 g/mol. The molecule has 0 fully saturated rings. The minimum Gasteiger partial charge on any atom is -0.508 e. The van der Waals surface area contributed by atoms with Gasteiger partial charge in [-0.1, -0.05) is 82.6 Å². The van der Waals surface area contributed by atoms with Crippen LogP contribution in [-0.4, -0.2) is 123 Å². The van der Waals surface area contributed by atoms with E-state index in [9.17, 15) is 53.4 Å². The van der Waals surface area contributed by atoms with Crippen LogP contribution in [0, 0.1) is 0 Å². The first-order valence-electron chi connectivity index (χ1n) is 25.5. The number of aromatic hydroxyl groups is 4. The number of nitrogens with zero attached hydrogens (tertiary/aromatic N) is 2. The zero-order valence-electron chi connectivity index (χ0n) is 45.7. The first-order chi connectivity index (χ1) is 37.4. The quantitative estimate of drug-likeness (QED) is 0.0131. The number of hydrogen-bond donors (Lipinski definition) is 9. The van der Waals surface area contributed by atoms with Gasteiger partial charge in [-0.05, 0) is 122 Å². The predicted octanol–water partition coefficient (Wildman–Crippen LogP) is 7.87. The Morgan fingerprint density at radius 2 is 0.861 bits per heavy atom. The lowest BCUT2D eigenvalue weighted by Gasteiger charge is -2.27. The standard InChI is InChI=1S/C24H35N2O5P.C16H22N3O4P.C13H20NO5P.CO2/c1-4-6-20(16-18-7-11-21(27)12-8-18)25-32(3,30)26-23(24(29)31-15-5-2)17-19-9-13-22(28)14-10-19;1-3-10-23-16(21)15(11-13-4-6-14(20)7-5-13)18-24(2,22)19-9-8-17-12-19;1-3-8-19-13(16)12(14-20(2,17)18)9-10-4-6-11(15)7-5-10;2-1-3/h7-14,20,23,27-28H,4-6,15-17H2,1-3H3,(H2,25,26,30);4-9,12,15,20H,3,10-11H2,1-2H3,(H,18,22);4-7,12,15H,3,8-9H2,1-2H3,(H2,14,17,18);. The number of ether oxygens (including phenoxy) is 3. The van der Waals surface area contributed by atoms with E-state index in [-0.39, 0.29) is 48.2 Å². The van der Waals surface area contributed by atoms with E-state index in [0.29, 0.717) is 51.7 Å². The second-order valence-electron chi connectivity index (χ2n) is 18.4. The molecule has 79 heavy (non-hydrogen) atoms. The highest BCUT2D eigenvalue weighted by atomic mass is 31.2. The number of phenols is 4. The lowest BCUT2D eigenvalue weighted by Crippen LogP contribution is -2.42. The van der Waals surface area contributed by atoms with E-state index in [2.05, 4.69) is 32.3 Å². The maximum absolute atomic E-state index is 13.5. The normalized spacial score (nSPS) is 14.5. The highest BCUT2D eigenvalue weighted by Gasteiger charge is 2.31. The molecular formula is C54H77N6O16P3. The Balaban J connectivity index is 0.000000406. The fourth-order valence-electron chi connectivity index (χ4n) is 7.34. The van der Waals surface area contributed by atoms with Crippen molar-refractivity contribution in [2.45, 2.75) is 110 Å². The Morgan fingerprint density at radius 3 is 1.16 bits per heavy atom.